The van der Waals surface area contributed by atoms with Gasteiger partial charge in [0.05, 0.1) is 11.2 Å². The van der Waals surface area contributed by atoms with Gasteiger partial charge in [0.15, 0.2) is 0 Å². The number of rotatable bonds is 2. The molecule has 0 atom stereocenters. The van der Waals surface area contributed by atoms with Gasteiger partial charge in [-0.1, -0.05) is 18.2 Å². The Morgan fingerprint density at radius 1 is 1.28 bits per heavy atom. The van der Waals surface area contributed by atoms with Crippen molar-refractivity contribution >= 4 is 33.2 Å². The van der Waals surface area contributed by atoms with Crippen LogP contribution in [0.15, 0.2) is 30.3 Å². The molecule has 0 amide bonds. The second-order valence-electron chi connectivity index (χ2n) is 4.61. The van der Waals surface area contributed by atoms with Crippen LogP contribution in [0.25, 0.3) is 21.8 Å². The van der Waals surface area contributed by atoms with Crippen molar-refractivity contribution in [1.82, 2.24) is 4.98 Å². The Hall–Kier alpha value is -2.16. The van der Waals surface area contributed by atoms with Crippen LogP contribution in [0, 0.1) is 6.92 Å². The van der Waals surface area contributed by atoms with E-state index in [1.807, 2.05) is 13.0 Å². The molecule has 2 aromatic carbocycles. The topological polar surface area (TPSA) is 53.8 Å². The van der Waals surface area contributed by atoms with Gasteiger partial charge >= 0.3 is 0 Å². The summed E-state index contributed by atoms with van der Waals surface area (Å²) in [6.07, 6.45) is 0. The fraction of sp³-hybridized carbons (Fsp3) is 0.200. The van der Waals surface area contributed by atoms with Crippen molar-refractivity contribution in [3.63, 3.8) is 0 Å². The van der Waals surface area contributed by atoms with Gasteiger partial charge in [-0.15, -0.1) is 0 Å². The Morgan fingerprint density at radius 3 is 2.83 bits per heavy atom. The summed E-state index contributed by atoms with van der Waals surface area (Å²) in [7, 11) is 0. The molecule has 0 aliphatic heterocycles. The molecule has 3 heteroatoms. The van der Waals surface area contributed by atoms with Crippen molar-refractivity contribution < 1.29 is 0 Å². The van der Waals surface area contributed by atoms with E-state index in [2.05, 4.69) is 41.5 Å². The predicted molar refractivity (Wildman–Crippen MR) is 79.1 cm³/mol. The molecule has 1 aromatic heterocycles. The predicted octanol–water partition coefficient (Wildman–Crippen LogP) is 3.64. The van der Waals surface area contributed by atoms with Gasteiger partial charge in [-0.25, -0.2) is 0 Å². The standard InChI is InChI=1S/C15H17N3/c1-3-17-12-8-9(2)14(16)15-13(12)10-6-4-5-7-11(10)18-15/h4-8,17-18H,3,16H2,1-2H3. The van der Waals surface area contributed by atoms with Gasteiger partial charge in [0, 0.05) is 28.5 Å². The number of aromatic amines is 1. The fourth-order valence-electron chi connectivity index (χ4n) is 2.52. The van der Waals surface area contributed by atoms with Crippen LogP contribution in [-0.4, -0.2) is 11.5 Å². The molecule has 0 aliphatic carbocycles. The van der Waals surface area contributed by atoms with E-state index in [4.69, 9.17) is 5.73 Å². The third-order valence-electron chi connectivity index (χ3n) is 3.40. The first-order valence-corrected chi connectivity index (χ1v) is 6.25. The molecular weight excluding hydrogens is 222 g/mol. The van der Waals surface area contributed by atoms with Gasteiger partial charge in [-0.05, 0) is 31.5 Å². The zero-order chi connectivity index (χ0) is 12.7. The first-order chi connectivity index (χ1) is 8.72. The number of nitrogens with one attached hydrogen (secondary N) is 2. The lowest BCUT2D eigenvalue weighted by atomic mass is 10.1. The normalized spacial score (nSPS) is 11.2. The van der Waals surface area contributed by atoms with Crippen LogP contribution in [0.4, 0.5) is 11.4 Å². The van der Waals surface area contributed by atoms with E-state index >= 15 is 0 Å². The van der Waals surface area contributed by atoms with Gasteiger partial charge in [0.2, 0.25) is 0 Å². The molecule has 1 heterocycles. The molecular formula is C15H17N3. The minimum atomic E-state index is 0.836. The first-order valence-electron chi connectivity index (χ1n) is 6.25. The van der Waals surface area contributed by atoms with Crippen LogP contribution >= 0.6 is 0 Å². The molecule has 92 valence electrons. The highest BCUT2D eigenvalue weighted by Gasteiger charge is 2.12. The number of benzene rings is 2. The summed E-state index contributed by atoms with van der Waals surface area (Å²) in [4.78, 5) is 3.42. The van der Waals surface area contributed by atoms with Crippen molar-refractivity contribution in [3.05, 3.63) is 35.9 Å². The molecule has 0 saturated carbocycles. The molecule has 0 bridgehead atoms. The van der Waals surface area contributed by atoms with Crippen molar-refractivity contribution in [1.29, 1.82) is 0 Å². The van der Waals surface area contributed by atoms with E-state index in [0.29, 0.717) is 0 Å². The van der Waals surface area contributed by atoms with Gasteiger partial charge in [0.1, 0.15) is 0 Å². The van der Waals surface area contributed by atoms with Crippen LogP contribution in [-0.2, 0) is 0 Å². The van der Waals surface area contributed by atoms with Crippen molar-refractivity contribution in [2.45, 2.75) is 13.8 Å². The van der Waals surface area contributed by atoms with Gasteiger partial charge in [-0.3, -0.25) is 0 Å². The Kier molecular flexibility index (Phi) is 2.40. The van der Waals surface area contributed by atoms with E-state index in [9.17, 15) is 0 Å². The van der Waals surface area contributed by atoms with E-state index in [0.717, 1.165) is 34.5 Å². The number of aryl methyl sites for hydroxylation is 1. The molecule has 0 aliphatic rings. The van der Waals surface area contributed by atoms with Crippen molar-refractivity contribution in [3.8, 4) is 0 Å². The number of hydrogen-bond donors (Lipinski definition) is 3. The quantitative estimate of drug-likeness (QED) is 0.598. The highest BCUT2D eigenvalue weighted by Crippen LogP contribution is 2.36. The zero-order valence-electron chi connectivity index (χ0n) is 10.7. The number of aromatic nitrogens is 1. The van der Waals surface area contributed by atoms with Crippen molar-refractivity contribution in [2.75, 3.05) is 17.6 Å². The number of nitrogens with two attached hydrogens (primary N) is 1. The minimum absolute atomic E-state index is 0.836. The lowest BCUT2D eigenvalue weighted by Gasteiger charge is -2.10. The van der Waals surface area contributed by atoms with Gasteiger partial charge in [0.25, 0.3) is 0 Å². The third kappa shape index (κ3) is 1.44. The molecule has 0 saturated heterocycles. The summed E-state index contributed by atoms with van der Waals surface area (Å²) < 4.78 is 0. The lowest BCUT2D eigenvalue weighted by molar-refractivity contribution is 1.22. The largest absolute Gasteiger partial charge is 0.397 e. The lowest BCUT2D eigenvalue weighted by Crippen LogP contribution is -1.99. The average Bonchev–Trinajstić information content (AvgIpc) is 2.75. The summed E-state index contributed by atoms with van der Waals surface area (Å²) in [6, 6.07) is 10.4. The number of para-hydroxylation sites is 1. The third-order valence-corrected chi connectivity index (χ3v) is 3.40. The average molecular weight is 239 g/mol. The Labute approximate surface area is 106 Å². The maximum atomic E-state index is 6.19. The van der Waals surface area contributed by atoms with Crippen molar-refractivity contribution in [2.24, 2.45) is 0 Å². The summed E-state index contributed by atoms with van der Waals surface area (Å²) in [5, 5.41) is 5.83. The first kappa shape index (κ1) is 11.0. The summed E-state index contributed by atoms with van der Waals surface area (Å²) in [5.41, 5.74) is 11.4. The zero-order valence-corrected chi connectivity index (χ0v) is 10.7. The van der Waals surface area contributed by atoms with Crippen LogP contribution < -0.4 is 11.1 Å². The highest BCUT2D eigenvalue weighted by atomic mass is 14.9. The molecule has 0 fully saturated rings. The number of hydrogen-bond acceptors (Lipinski definition) is 2. The molecule has 4 N–H and O–H groups in total. The highest BCUT2D eigenvalue weighted by molar-refractivity contribution is 6.17. The maximum absolute atomic E-state index is 6.19. The Balaban J connectivity index is 2.50. The van der Waals surface area contributed by atoms with E-state index in [1.165, 1.54) is 10.8 Å². The van der Waals surface area contributed by atoms with E-state index in [-0.39, 0.29) is 0 Å². The second kappa shape index (κ2) is 3.95. The monoisotopic (exact) mass is 239 g/mol. The van der Waals surface area contributed by atoms with Crippen LogP contribution in [0.3, 0.4) is 0 Å². The molecule has 3 nitrogen and oxygen atoms in total. The second-order valence-corrected chi connectivity index (χ2v) is 4.61. The Morgan fingerprint density at radius 2 is 2.06 bits per heavy atom. The Bertz CT molecular complexity index is 725. The molecule has 18 heavy (non-hydrogen) atoms. The van der Waals surface area contributed by atoms with Crippen LogP contribution in [0.5, 0.6) is 0 Å². The van der Waals surface area contributed by atoms with E-state index in [1.54, 1.807) is 0 Å². The number of fused-ring (bicyclic) bond motifs is 3. The molecule has 3 rings (SSSR count). The molecule has 0 spiro atoms. The summed E-state index contributed by atoms with van der Waals surface area (Å²) >= 11 is 0. The van der Waals surface area contributed by atoms with Gasteiger partial charge < -0.3 is 16.0 Å². The van der Waals surface area contributed by atoms with E-state index < -0.39 is 0 Å². The number of anilines is 2. The van der Waals surface area contributed by atoms with Gasteiger partial charge in [-0.2, -0.15) is 0 Å². The van der Waals surface area contributed by atoms with Crippen LogP contribution in [0.2, 0.25) is 0 Å². The summed E-state index contributed by atoms with van der Waals surface area (Å²) in [6.45, 7) is 5.05. The smallest absolute Gasteiger partial charge is 0.0722 e. The molecule has 0 unspecified atom stereocenters. The SMILES string of the molecule is CCNc1cc(C)c(N)c2[nH]c3ccccc3c12. The number of H-pyrrole nitrogens is 1. The minimum Gasteiger partial charge on any atom is -0.397 e. The van der Waals surface area contributed by atoms with Crippen LogP contribution in [0.1, 0.15) is 12.5 Å². The fourth-order valence-corrected chi connectivity index (χ4v) is 2.52. The number of nitrogen functional groups attached to an aromatic ring is 1. The summed E-state index contributed by atoms with van der Waals surface area (Å²) in [5.74, 6) is 0. The molecule has 0 radical (unpaired) electrons. The maximum Gasteiger partial charge on any atom is 0.0722 e. The molecule has 3 aromatic rings.